The third-order valence-corrected chi connectivity index (χ3v) is 15.9. The SMILES string of the molecule is Cc1cc2c(c(C)c1-c1cccc(COc3ccc4c(c3)OC[C@H]4C(C)C(=O)O)c1)C(=O)C(COC(=O)C(C)N([Si](C)C)C(C)(C)C)(COC(=O)C(C)N([Si](C)C)C(C)(C)C)O2. The van der Waals surface area contributed by atoms with Crippen LogP contribution in [0.25, 0.3) is 11.1 Å². The predicted octanol–water partition coefficient (Wildman–Crippen LogP) is 8.63. The quantitative estimate of drug-likeness (QED) is 0.109. The van der Waals surface area contributed by atoms with Gasteiger partial charge in [0.25, 0.3) is 0 Å². The third kappa shape index (κ3) is 10.1. The van der Waals surface area contributed by atoms with Gasteiger partial charge in [0.05, 0.1) is 30.2 Å². The van der Waals surface area contributed by atoms with E-state index in [9.17, 15) is 24.3 Å². The van der Waals surface area contributed by atoms with Crippen molar-refractivity contribution in [1.29, 1.82) is 0 Å². The Morgan fingerprint density at radius 1 is 0.823 bits per heavy atom. The fraction of sp³-hybridized carbons (Fsp3) is 0.542. The summed E-state index contributed by atoms with van der Waals surface area (Å²) in [6.45, 7) is 29.7. The van der Waals surface area contributed by atoms with Crippen molar-refractivity contribution in [3.63, 3.8) is 0 Å². The first-order valence-electron chi connectivity index (χ1n) is 21.4. The summed E-state index contributed by atoms with van der Waals surface area (Å²) in [7, 11) is -2.15. The van der Waals surface area contributed by atoms with E-state index in [1.54, 1.807) is 13.0 Å². The lowest BCUT2D eigenvalue weighted by Gasteiger charge is -2.42. The molecule has 62 heavy (non-hydrogen) atoms. The van der Waals surface area contributed by atoms with Crippen molar-refractivity contribution in [1.82, 2.24) is 9.13 Å². The van der Waals surface area contributed by atoms with E-state index in [1.807, 2.05) is 70.2 Å². The Morgan fingerprint density at radius 3 is 1.90 bits per heavy atom. The van der Waals surface area contributed by atoms with Crippen molar-refractivity contribution in [2.45, 2.75) is 144 Å². The normalized spacial score (nSPS) is 18.9. The van der Waals surface area contributed by atoms with Crippen LogP contribution >= 0.6 is 0 Å². The van der Waals surface area contributed by atoms with Gasteiger partial charge in [-0.25, -0.2) is 0 Å². The molecule has 2 aliphatic rings. The van der Waals surface area contributed by atoms with E-state index < -0.39 is 78.4 Å². The van der Waals surface area contributed by atoms with Crippen molar-refractivity contribution >= 4 is 41.6 Å². The largest absolute Gasteiger partial charge is 0.492 e. The molecular weight excluding hydrogens is 821 g/mol. The fourth-order valence-corrected chi connectivity index (χ4v) is 13.9. The lowest BCUT2D eigenvalue weighted by Crippen LogP contribution is -2.58. The Kier molecular flexibility index (Phi) is 14.6. The minimum Gasteiger partial charge on any atom is -0.492 e. The summed E-state index contributed by atoms with van der Waals surface area (Å²) >= 11 is 0. The number of benzene rings is 3. The van der Waals surface area contributed by atoms with Crippen LogP contribution in [-0.4, -0.2) is 104 Å². The van der Waals surface area contributed by atoms with Crippen LogP contribution in [0.5, 0.6) is 17.2 Å². The van der Waals surface area contributed by atoms with Crippen molar-refractivity contribution in [3.8, 4) is 28.4 Å². The van der Waals surface area contributed by atoms with Gasteiger partial charge in [0.1, 0.15) is 55.0 Å². The maximum absolute atomic E-state index is 14.9. The number of hydrogen-bond donors (Lipinski definition) is 1. The van der Waals surface area contributed by atoms with Gasteiger partial charge >= 0.3 is 17.9 Å². The number of nitrogens with zero attached hydrogens (tertiary/aromatic N) is 2. The molecule has 5 rings (SSSR count). The topological polar surface area (TPSA) is 141 Å². The van der Waals surface area contributed by atoms with Crippen molar-refractivity contribution in [2.75, 3.05) is 19.8 Å². The van der Waals surface area contributed by atoms with Crippen LogP contribution in [0.4, 0.5) is 0 Å². The van der Waals surface area contributed by atoms with Crippen LogP contribution in [0.3, 0.4) is 0 Å². The number of carbonyl (C=O) groups is 4. The second kappa shape index (κ2) is 18.7. The number of ether oxygens (including phenoxy) is 5. The molecule has 2 radical (unpaired) electrons. The Balaban J connectivity index is 1.43. The molecule has 0 saturated carbocycles. The molecule has 1 N–H and O–H groups in total. The van der Waals surface area contributed by atoms with Gasteiger partial charge in [-0.05, 0) is 115 Å². The van der Waals surface area contributed by atoms with Crippen LogP contribution < -0.4 is 14.2 Å². The first-order valence-corrected chi connectivity index (χ1v) is 26.3. The zero-order valence-corrected chi connectivity index (χ0v) is 41.3. The number of Topliss-reactive ketones (excluding diaryl/α,β-unsaturated/α-hetero) is 1. The number of ketones is 1. The molecule has 0 amide bonds. The Morgan fingerprint density at radius 2 is 1.39 bits per heavy atom. The molecule has 0 saturated heterocycles. The Bertz CT molecular complexity index is 2130. The number of fused-ring (bicyclic) bond motifs is 2. The molecule has 0 fully saturated rings. The van der Waals surface area contributed by atoms with E-state index in [2.05, 4.69) is 76.9 Å². The zero-order valence-electron chi connectivity index (χ0n) is 39.3. The van der Waals surface area contributed by atoms with Crippen LogP contribution in [0, 0.1) is 19.8 Å². The number of carbonyl (C=O) groups excluding carboxylic acids is 3. The van der Waals surface area contributed by atoms with Gasteiger partial charge in [0.15, 0.2) is 0 Å². The molecule has 14 heteroatoms. The molecular formula is C48H66N2O10Si2. The molecule has 336 valence electrons. The van der Waals surface area contributed by atoms with E-state index in [0.717, 1.165) is 27.8 Å². The first-order chi connectivity index (χ1) is 28.8. The summed E-state index contributed by atoms with van der Waals surface area (Å²) in [5, 5.41) is 9.53. The Hall–Kier alpha value is -4.51. The molecule has 4 atom stereocenters. The molecule has 3 aromatic carbocycles. The lowest BCUT2D eigenvalue weighted by molar-refractivity contribution is -0.160. The average Bonchev–Trinajstić information content (AvgIpc) is 3.71. The summed E-state index contributed by atoms with van der Waals surface area (Å²) in [4.78, 5) is 54.2. The number of carboxylic acids is 1. The van der Waals surface area contributed by atoms with Crippen LogP contribution in [0.1, 0.15) is 101 Å². The van der Waals surface area contributed by atoms with Gasteiger partial charge in [0.2, 0.25) is 11.4 Å². The van der Waals surface area contributed by atoms with Gasteiger partial charge in [-0.15, -0.1) is 0 Å². The molecule has 0 spiro atoms. The lowest BCUT2D eigenvalue weighted by atomic mass is 9.87. The number of carboxylic acid groups (broad SMARTS) is 1. The number of rotatable bonds is 16. The highest BCUT2D eigenvalue weighted by Gasteiger charge is 2.53. The Labute approximate surface area is 371 Å². The monoisotopic (exact) mass is 886 g/mol. The first kappa shape index (κ1) is 48.5. The van der Waals surface area contributed by atoms with Gasteiger partial charge in [-0.3, -0.25) is 19.2 Å². The van der Waals surface area contributed by atoms with E-state index in [1.165, 1.54) is 0 Å². The molecule has 12 nitrogen and oxygen atoms in total. The minimum absolute atomic E-state index is 0.225. The highest BCUT2D eigenvalue weighted by Crippen LogP contribution is 2.44. The predicted molar refractivity (Wildman–Crippen MR) is 244 cm³/mol. The molecule has 0 bridgehead atoms. The molecule has 3 unspecified atom stereocenters. The molecule has 0 aromatic heterocycles. The second-order valence-electron chi connectivity index (χ2n) is 19.3. The minimum atomic E-state index is -1.80. The van der Waals surface area contributed by atoms with Crippen molar-refractivity contribution in [2.24, 2.45) is 5.92 Å². The standard InChI is InChI=1S/C48H66N2O10Si2/c1-28-21-39-41(30(3)40(28)34-18-16-17-33(22-34)24-56-35-19-20-36-37(29(2)43(52)53)25-57-38(36)23-35)42(51)48(60-39,26-58-44(54)31(4)49(61(12)13)46(6,7)8)27-59-45(55)32(5)50(62(14)15)47(9,10)11/h16-23,29,31-32,37H,24-27H2,1-15H3,(H,52,53)/t29?,31?,32?,37-,48?/m0/s1. The van der Waals surface area contributed by atoms with Gasteiger partial charge in [-0.2, -0.15) is 0 Å². The van der Waals surface area contributed by atoms with Crippen LogP contribution in [0.15, 0.2) is 48.5 Å². The summed E-state index contributed by atoms with van der Waals surface area (Å²) in [6.07, 6.45) is 0. The maximum atomic E-state index is 14.9. The van der Waals surface area contributed by atoms with Crippen LogP contribution in [0.2, 0.25) is 26.2 Å². The van der Waals surface area contributed by atoms with Crippen LogP contribution in [-0.2, 0) is 30.5 Å². The average molecular weight is 887 g/mol. The van der Waals surface area contributed by atoms with E-state index in [-0.39, 0.29) is 23.6 Å². The summed E-state index contributed by atoms with van der Waals surface area (Å²) in [5.74, 6) is -1.49. The van der Waals surface area contributed by atoms with E-state index in [4.69, 9.17) is 23.7 Å². The summed E-state index contributed by atoms with van der Waals surface area (Å²) < 4.78 is 34.9. The second-order valence-corrected chi connectivity index (χ2v) is 24.0. The third-order valence-electron chi connectivity index (χ3n) is 11.9. The van der Waals surface area contributed by atoms with Gasteiger partial charge < -0.3 is 37.9 Å². The van der Waals surface area contributed by atoms with Gasteiger partial charge in [-0.1, -0.05) is 57.4 Å². The zero-order chi connectivity index (χ0) is 46.2. The van der Waals surface area contributed by atoms with Crippen molar-refractivity contribution < 1.29 is 48.0 Å². The molecule has 2 aliphatic heterocycles. The number of hydrogen-bond acceptors (Lipinski definition) is 11. The smallest absolute Gasteiger partial charge is 0.322 e. The van der Waals surface area contributed by atoms with Gasteiger partial charge in [0, 0.05) is 28.6 Å². The molecule has 3 aromatic rings. The highest BCUT2D eigenvalue weighted by molar-refractivity contribution is 6.53. The molecule has 2 heterocycles. The maximum Gasteiger partial charge on any atom is 0.322 e. The summed E-state index contributed by atoms with van der Waals surface area (Å²) in [6, 6.07) is 14.1. The molecule has 0 aliphatic carbocycles. The van der Waals surface area contributed by atoms with Crippen molar-refractivity contribution in [3.05, 3.63) is 76.3 Å². The number of esters is 2. The summed E-state index contributed by atoms with van der Waals surface area (Å²) in [5.41, 5.74) is 2.97. The number of aliphatic carboxylic acids is 1. The van der Waals surface area contributed by atoms with E-state index in [0.29, 0.717) is 35.0 Å². The highest BCUT2D eigenvalue weighted by atomic mass is 28.3. The number of aryl methyl sites for hydroxylation is 1. The van der Waals surface area contributed by atoms with E-state index >= 15 is 0 Å². The fourth-order valence-electron chi connectivity index (χ4n) is 9.45.